The van der Waals surface area contributed by atoms with E-state index in [1.165, 1.54) is 0 Å². The van der Waals surface area contributed by atoms with Gasteiger partial charge in [-0.1, -0.05) is 31.2 Å². The van der Waals surface area contributed by atoms with Crippen molar-refractivity contribution in [1.29, 1.82) is 0 Å². The van der Waals surface area contributed by atoms with Crippen LogP contribution in [0.2, 0.25) is 0 Å². The average Bonchev–Trinajstić information content (AvgIpc) is 2.80. The van der Waals surface area contributed by atoms with Crippen LogP contribution in [0.5, 0.6) is 5.75 Å². The third-order valence-electron chi connectivity index (χ3n) is 2.15. The van der Waals surface area contributed by atoms with Crippen molar-refractivity contribution in [3.05, 3.63) is 29.7 Å². The molecule has 1 aromatic rings. The summed E-state index contributed by atoms with van der Waals surface area (Å²) in [5, 5.41) is 12.2. The Labute approximate surface area is 159 Å². The lowest BCUT2D eigenvalue weighted by molar-refractivity contribution is -0.0277. The van der Waals surface area contributed by atoms with Gasteiger partial charge in [0.05, 0.1) is 22.2 Å². The zero-order valence-corrected chi connectivity index (χ0v) is 9.80. The first-order valence-corrected chi connectivity index (χ1v) is 5.05. The molecule has 0 aromatic heterocycles. The molecule has 3 heteroatoms. The lowest BCUT2D eigenvalue weighted by Crippen LogP contribution is -2.42. The van der Waals surface area contributed by atoms with Gasteiger partial charge in [-0.3, -0.25) is 0 Å². The van der Waals surface area contributed by atoms with Gasteiger partial charge in [0.1, 0.15) is 5.75 Å². The Morgan fingerprint density at radius 2 is 2.15 bits per heavy atom. The zero-order valence-electron chi connectivity index (χ0n) is 35.8. The lowest BCUT2D eigenvalue weighted by Gasteiger charge is -2.40. The monoisotopic (exact) mass is 303 g/mol. The average molecular weight is 304 g/mol. The van der Waals surface area contributed by atoms with E-state index in [4.69, 9.17) is 34.3 Å². The Balaban J connectivity index is 3.54. The number of hydrogen-bond donors (Lipinski definition) is 1. The molecular weight excluding hydrogens is 250 g/mol. The minimum atomic E-state index is -5.24. The van der Waals surface area contributed by atoms with Crippen LogP contribution in [0.1, 0.15) is 79.0 Å². The summed E-state index contributed by atoms with van der Waals surface area (Å²) in [4.78, 5) is -1.20. The molecule has 0 heterocycles. The van der Waals surface area contributed by atoms with E-state index in [9.17, 15) is 6.48 Å². The molecule has 20 heavy (non-hydrogen) atoms. The number of benzene rings is 1. The summed E-state index contributed by atoms with van der Waals surface area (Å²) in [5.74, 6) is -6.50. The van der Waals surface area contributed by atoms with Crippen LogP contribution in [0.3, 0.4) is 0 Å². The fourth-order valence-corrected chi connectivity index (χ4v) is 1.34. The molecule has 1 atom stereocenters. The van der Waals surface area contributed by atoms with E-state index in [0.29, 0.717) is 0 Å². The van der Waals surface area contributed by atoms with E-state index in [0.717, 1.165) is 0 Å². The number of aliphatic hydroxyl groups is 1. The molecule has 1 aliphatic rings. The van der Waals surface area contributed by atoms with Gasteiger partial charge in [0, 0.05) is 38.4 Å². The number of methoxy groups -OCH3 is 1. The van der Waals surface area contributed by atoms with Crippen LogP contribution < -0.4 is 4.74 Å². The van der Waals surface area contributed by atoms with E-state index >= 15 is 0 Å². The van der Waals surface area contributed by atoms with Crippen molar-refractivity contribution in [2.75, 3.05) is 27.5 Å². The van der Waals surface area contributed by atoms with Gasteiger partial charge in [0.2, 0.25) is 0 Å². The van der Waals surface area contributed by atoms with Gasteiger partial charge in [-0.15, -0.1) is 0 Å². The van der Waals surface area contributed by atoms with Crippen LogP contribution in [0.25, 0.3) is 0 Å². The molecule has 1 N–H and O–H groups in total. The minimum Gasteiger partial charge on any atom is -0.497 e. The number of nitrogens with zero attached hydrogens (tertiary/aromatic N) is 1. The molecule has 0 spiro atoms. The normalized spacial score (nSPS) is 55.7. The molecule has 112 valence electrons. The van der Waals surface area contributed by atoms with Crippen molar-refractivity contribution in [3.8, 4) is 5.75 Å². The number of ether oxygens (including phenoxy) is 1. The molecule has 2 rings (SSSR count). The highest BCUT2D eigenvalue weighted by molar-refractivity contribution is 5.31. The maximum atomic E-state index is 12.2. The molecule has 0 bridgehead atoms. The molecule has 1 aliphatic carbocycles. The van der Waals surface area contributed by atoms with Crippen LogP contribution in [0, 0.1) is 0 Å². The second kappa shape index (κ2) is 6.59. The fourth-order valence-electron chi connectivity index (χ4n) is 1.34. The number of hydrogen-bond acceptors (Lipinski definition) is 3. The maximum absolute atomic E-state index is 12.2. The smallest absolute Gasteiger partial charge is 0.118 e. The van der Waals surface area contributed by atoms with Gasteiger partial charge in [0.15, 0.2) is 0 Å². The van der Waals surface area contributed by atoms with Crippen molar-refractivity contribution < 1.29 is 45.5 Å². The molecule has 0 unspecified atom stereocenters. The molecule has 3 nitrogen and oxygen atoms in total. The van der Waals surface area contributed by atoms with Crippen LogP contribution in [-0.2, 0) is 0 Å². The first kappa shape index (κ1) is 2.89. The zero-order chi connectivity index (χ0) is 37.2. The van der Waals surface area contributed by atoms with Crippen molar-refractivity contribution >= 4 is 0 Å². The Kier molecular flexibility index (Phi) is 0.952. The van der Waals surface area contributed by atoms with Crippen molar-refractivity contribution in [2.45, 2.75) is 43.4 Å². The van der Waals surface area contributed by atoms with Crippen LogP contribution >= 0.6 is 0 Å². The minimum absolute atomic E-state index is 1.20. The van der Waals surface area contributed by atoms with Gasteiger partial charge < -0.3 is 14.7 Å². The Morgan fingerprint density at radius 1 is 1.45 bits per heavy atom. The van der Waals surface area contributed by atoms with Crippen molar-refractivity contribution in [1.82, 2.24) is 4.90 Å². The van der Waals surface area contributed by atoms with E-state index in [-0.39, 0.29) is 0 Å². The molecule has 1 saturated carbocycles. The fraction of sp³-hybridized carbons (Fsp3) is 0.647. The quantitative estimate of drug-likeness (QED) is 0.907. The third-order valence-corrected chi connectivity index (χ3v) is 2.15. The molecule has 1 fully saturated rings. The van der Waals surface area contributed by atoms with Crippen molar-refractivity contribution in [2.24, 2.45) is 0 Å². The molecule has 1 aromatic carbocycles. The Morgan fingerprint density at radius 3 is 2.75 bits per heavy atom. The van der Waals surface area contributed by atoms with E-state index in [1.54, 1.807) is 0 Å². The summed E-state index contributed by atoms with van der Waals surface area (Å²) in [6.45, 7) is -13.5. The van der Waals surface area contributed by atoms with E-state index in [1.807, 2.05) is 0 Å². The molecule has 0 aliphatic heterocycles. The topological polar surface area (TPSA) is 32.7 Å². The van der Waals surface area contributed by atoms with Crippen LogP contribution in [-0.4, -0.2) is 43.1 Å². The van der Waals surface area contributed by atoms with Gasteiger partial charge in [-0.2, -0.15) is 0 Å². The number of rotatable bonds is 5. The first-order chi connectivity index (χ1) is 19.7. The summed E-state index contributed by atoms with van der Waals surface area (Å²) in [6.07, 6.45) is -23.1. The largest absolute Gasteiger partial charge is 0.497 e. The van der Waals surface area contributed by atoms with E-state index in [2.05, 4.69) is 4.74 Å². The lowest BCUT2D eigenvalue weighted by atomic mass is 9.72. The predicted octanol–water partition coefficient (Wildman–Crippen LogP) is 3.04. The molecular formula is C17H27NO2. The summed E-state index contributed by atoms with van der Waals surface area (Å²) < 4.78 is 215. The highest BCUT2D eigenvalue weighted by atomic mass is 16.5. The molecule has 0 saturated heterocycles. The summed E-state index contributed by atoms with van der Waals surface area (Å²) in [7, 11) is -3.51. The van der Waals surface area contributed by atoms with E-state index < -0.39 is 111 Å². The molecule has 0 radical (unpaired) electrons. The van der Waals surface area contributed by atoms with Crippen LogP contribution in [0.15, 0.2) is 24.2 Å². The third kappa shape index (κ3) is 3.53. The highest BCUT2D eigenvalue weighted by Crippen LogP contribution is 2.40. The predicted molar refractivity (Wildman–Crippen MR) is 82.3 cm³/mol. The van der Waals surface area contributed by atoms with Gasteiger partial charge >= 0.3 is 0 Å². The van der Waals surface area contributed by atoms with Gasteiger partial charge in [-0.05, 0) is 44.3 Å². The second-order valence-corrected chi connectivity index (χ2v) is 3.46. The summed E-state index contributed by atoms with van der Waals surface area (Å²) in [5.41, 5.74) is -7.34. The maximum Gasteiger partial charge on any atom is 0.118 e. The van der Waals surface area contributed by atoms with Crippen LogP contribution in [0.4, 0.5) is 0 Å². The SMILES string of the molecule is [2H]c1c([2H])c([C@@]([2H])(C([2H])([2H])N(C([2H])([2H])[2H])C([2H])([2H])[2H])C2(O)C([2H])([2H])C([2H])([2H])C([2H])([2H])C([2H])([2H])C2([2H])[2H])c([2H])c([2H])c1OC([2H])([2H])[2H]. The standard InChI is InChI=1S/C17H27NO2/c1-18(2)13-16(17(19)11-5-4-6-12-17)14-7-9-15(20-3)10-8-14/h7-10,16,19H,4-6,11-13H2,1-3H3/t16-/m1/s1/i1D3,2D3,3D3,4D2,5D2,6D2,7D,8D,9D,10D,11D2,12D2,13D2,16D. The Bertz CT molecular complexity index is 1300. The van der Waals surface area contributed by atoms with Gasteiger partial charge in [0.25, 0.3) is 0 Å². The second-order valence-electron chi connectivity index (χ2n) is 3.46. The van der Waals surface area contributed by atoms with Gasteiger partial charge in [-0.25, -0.2) is 0 Å². The summed E-state index contributed by atoms with van der Waals surface area (Å²) >= 11 is 0. The first-order valence-electron chi connectivity index (χ1n) is 18.1. The Hall–Kier alpha value is -1.06. The molecule has 0 amide bonds. The highest BCUT2D eigenvalue weighted by Gasteiger charge is 2.38. The summed E-state index contributed by atoms with van der Waals surface area (Å²) in [6, 6.07) is -7.08. The number of likely N-dealkylation sites (N-methyl/N-ethyl adjacent to an activating group) is 1. The van der Waals surface area contributed by atoms with Crippen molar-refractivity contribution in [3.63, 3.8) is 0 Å².